The zero-order valence-corrected chi connectivity index (χ0v) is 21.7. The Morgan fingerprint density at radius 3 is 2.15 bits per heavy atom. The molecule has 34 heavy (non-hydrogen) atoms. The van der Waals surface area contributed by atoms with Crippen molar-refractivity contribution >= 4 is 23.5 Å². The van der Waals surface area contributed by atoms with Crippen molar-refractivity contribution in [3.05, 3.63) is 70.2 Å². The first-order valence-corrected chi connectivity index (χ1v) is 12.5. The molecule has 0 aliphatic heterocycles. The van der Waals surface area contributed by atoms with Gasteiger partial charge in [0.2, 0.25) is 0 Å². The van der Waals surface area contributed by atoms with Crippen molar-refractivity contribution in [1.82, 2.24) is 10.2 Å². The lowest BCUT2D eigenvalue weighted by Gasteiger charge is -2.35. The fraction of sp³-hybridized carbons (Fsp3) is 0.500. The molecular formula is C28H37ClN2O3. The zero-order chi connectivity index (χ0) is 24.9. The second-order valence-electron chi connectivity index (χ2n) is 10.2. The summed E-state index contributed by atoms with van der Waals surface area (Å²) in [6.45, 7) is 6.21. The van der Waals surface area contributed by atoms with Crippen LogP contribution in [0.15, 0.2) is 48.5 Å². The average Bonchev–Trinajstić information content (AvgIpc) is 2.81. The number of carbonyl (C=O) groups is 2. The smallest absolute Gasteiger partial charge is 0.315 e. The molecule has 0 radical (unpaired) electrons. The molecule has 3 rings (SSSR count). The topological polar surface area (TPSA) is 58.6 Å². The summed E-state index contributed by atoms with van der Waals surface area (Å²) in [5.74, 6) is -0.0270. The van der Waals surface area contributed by atoms with Gasteiger partial charge in [-0.2, -0.15) is 0 Å². The van der Waals surface area contributed by atoms with Gasteiger partial charge < -0.3 is 15.0 Å². The predicted octanol–water partition coefficient (Wildman–Crippen LogP) is 5.78. The minimum Gasteiger partial charge on any atom is -0.459 e. The molecule has 1 fully saturated rings. The molecule has 1 saturated carbocycles. The number of benzene rings is 2. The number of rotatable bonds is 7. The first kappa shape index (κ1) is 26.2. The second kappa shape index (κ2) is 11.4. The molecule has 6 heteroatoms. The summed E-state index contributed by atoms with van der Waals surface area (Å²) in [5, 5.41) is 3.74. The van der Waals surface area contributed by atoms with E-state index < -0.39 is 5.60 Å². The normalized spacial score (nSPS) is 19.4. The minimum absolute atomic E-state index is 0.0437. The molecule has 2 aromatic carbocycles. The number of likely N-dealkylation sites (N-methyl/N-ethyl adjacent to an activating group) is 1. The van der Waals surface area contributed by atoms with Crippen LogP contribution in [0.2, 0.25) is 5.02 Å². The molecule has 1 aliphatic rings. The lowest BCUT2D eigenvalue weighted by atomic mass is 9.80. The Morgan fingerprint density at radius 1 is 1.03 bits per heavy atom. The molecular weight excluding hydrogens is 448 g/mol. The van der Waals surface area contributed by atoms with Crippen molar-refractivity contribution in [2.45, 2.75) is 69.9 Å². The molecule has 2 aromatic rings. The highest BCUT2D eigenvalue weighted by Crippen LogP contribution is 2.35. The third kappa shape index (κ3) is 6.83. The van der Waals surface area contributed by atoms with E-state index in [0.29, 0.717) is 23.0 Å². The highest BCUT2D eigenvalue weighted by atomic mass is 35.5. The lowest BCUT2D eigenvalue weighted by molar-refractivity contribution is -0.156. The van der Waals surface area contributed by atoms with E-state index in [-0.39, 0.29) is 23.8 Å². The molecule has 184 valence electrons. The fourth-order valence-electron chi connectivity index (χ4n) is 4.67. The third-order valence-electron chi connectivity index (χ3n) is 6.57. The molecule has 1 amide bonds. The second-order valence-corrected chi connectivity index (χ2v) is 10.7. The monoisotopic (exact) mass is 484 g/mol. The van der Waals surface area contributed by atoms with E-state index in [9.17, 15) is 9.59 Å². The zero-order valence-electron chi connectivity index (χ0n) is 20.9. The third-order valence-corrected chi connectivity index (χ3v) is 6.82. The van der Waals surface area contributed by atoms with E-state index in [1.165, 1.54) is 5.56 Å². The predicted molar refractivity (Wildman–Crippen MR) is 137 cm³/mol. The highest BCUT2D eigenvalue weighted by molar-refractivity contribution is 6.30. The van der Waals surface area contributed by atoms with E-state index in [1.807, 2.05) is 39.8 Å². The molecule has 1 aliphatic carbocycles. The lowest BCUT2D eigenvalue weighted by Crippen LogP contribution is -2.39. The van der Waals surface area contributed by atoms with Gasteiger partial charge in [-0.3, -0.25) is 9.59 Å². The van der Waals surface area contributed by atoms with E-state index in [0.717, 1.165) is 31.2 Å². The van der Waals surface area contributed by atoms with Crippen LogP contribution in [0.1, 0.15) is 79.8 Å². The van der Waals surface area contributed by atoms with Crippen LogP contribution in [0.25, 0.3) is 0 Å². The van der Waals surface area contributed by atoms with Crippen LogP contribution in [-0.4, -0.2) is 49.1 Å². The van der Waals surface area contributed by atoms with Crippen molar-refractivity contribution < 1.29 is 14.3 Å². The summed E-state index contributed by atoms with van der Waals surface area (Å²) < 4.78 is 5.63. The molecule has 1 atom stereocenters. The quantitative estimate of drug-likeness (QED) is 0.506. The maximum absolute atomic E-state index is 12.8. The Morgan fingerprint density at radius 2 is 1.62 bits per heavy atom. The number of halogens is 1. The number of nitrogens with zero attached hydrogens (tertiary/aromatic N) is 1. The van der Waals surface area contributed by atoms with E-state index in [1.54, 1.807) is 24.3 Å². The summed E-state index contributed by atoms with van der Waals surface area (Å²) in [5.41, 5.74) is 2.42. The van der Waals surface area contributed by atoms with E-state index >= 15 is 0 Å². The largest absolute Gasteiger partial charge is 0.459 e. The molecule has 0 spiro atoms. The molecule has 0 heterocycles. The Kier molecular flexibility index (Phi) is 8.78. The molecule has 5 nitrogen and oxygen atoms in total. The number of esters is 1. The number of hydrogen-bond donors (Lipinski definition) is 1. The number of hydrogen-bond acceptors (Lipinski definition) is 4. The van der Waals surface area contributed by atoms with Gasteiger partial charge in [0, 0.05) is 30.2 Å². The first-order chi connectivity index (χ1) is 16.1. The van der Waals surface area contributed by atoms with E-state index in [2.05, 4.69) is 29.6 Å². The van der Waals surface area contributed by atoms with Crippen LogP contribution < -0.4 is 5.32 Å². The van der Waals surface area contributed by atoms with Crippen molar-refractivity contribution in [2.75, 3.05) is 20.6 Å². The summed E-state index contributed by atoms with van der Waals surface area (Å²) in [4.78, 5) is 27.4. The van der Waals surface area contributed by atoms with Gasteiger partial charge >= 0.3 is 5.97 Å². The maximum Gasteiger partial charge on any atom is 0.315 e. The number of carbonyl (C=O) groups excluding carboxylic acids is 2. The van der Waals surface area contributed by atoms with Gasteiger partial charge in [0.25, 0.3) is 5.91 Å². The van der Waals surface area contributed by atoms with Crippen LogP contribution >= 0.6 is 11.6 Å². The Bertz CT molecular complexity index is 959. The van der Waals surface area contributed by atoms with Crippen molar-refractivity contribution in [2.24, 2.45) is 0 Å². The molecule has 1 unspecified atom stereocenters. The van der Waals surface area contributed by atoms with Gasteiger partial charge in [-0.05, 0) is 94.8 Å². The summed E-state index contributed by atoms with van der Waals surface area (Å²) in [6.07, 6.45) is 4.02. The molecule has 1 N–H and O–H groups in total. The van der Waals surface area contributed by atoms with Crippen LogP contribution in [0.5, 0.6) is 0 Å². The Labute approximate surface area is 208 Å². The van der Waals surface area contributed by atoms with Gasteiger partial charge in [0.15, 0.2) is 0 Å². The fourth-order valence-corrected chi connectivity index (χ4v) is 4.80. The Hall–Kier alpha value is -2.37. The summed E-state index contributed by atoms with van der Waals surface area (Å²) in [6, 6.07) is 15.7. The highest BCUT2D eigenvalue weighted by Gasteiger charge is 2.29. The van der Waals surface area contributed by atoms with Gasteiger partial charge in [0.1, 0.15) is 5.60 Å². The first-order valence-electron chi connectivity index (χ1n) is 12.1. The number of ether oxygens (including phenoxy) is 1. The molecule has 0 bridgehead atoms. The van der Waals surface area contributed by atoms with Gasteiger partial charge in [0.05, 0.1) is 5.92 Å². The van der Waals surface area contributed by atoms with Crippen LogP contribution in [0.3, 0.4) is 0 Å². The van der Waals surface area contributed by atoms with Crippen molar-refractivity contribution in [3.63, 3.8) is 0 Å². The molecule has 0 saturated heterocycles. The summed E-state index contributed by atoms with van der Waals surface area (Å²) in [7, 11) is 3.74. The SMILES string of the molecule is CNCC(C(=O)OC(C)(C)C)c1ccc(C2CCC(N(C)C(=O)c3ccc(Cl)cc3)CC2)cc1. The summed E-state index contributed by atoms with van der Waals surface area (Å²) >= 11 is 5.95. The van der Waals surface area contributed by atoms with Crippen LogP contribution in [0.4, 0.5) is 0 Å². The Balaban J connectivity index is 1.60. The van der Waals surface area contributed by atoms with Gasteiger partial charge in [-0.15, -0.1) is 0 Å². The standard InChI is InChI=1S/C28H37ClN2O3/c1-28(2,3)34-27(33)25(18-30-4)21-8-6-19(7-9-21)20-12-16-24(17-13-20)31(5)26(32)22-10-14-23(29)15-11-22/h6-11,14-15,20,24-25,30H,12-13,16-18H2,1-5H3. The van der Waals surface area contributed by atoms with E-state index in [4.69, 9.17) is 16.3 Å². The van der Waals surface area contributed by atoms with Crippen molar-refractivity contribution in [3.8, 4) is 0 Å². The maximum atomic E-state index is 12.8. The number of nitrogens with one attached hydrogen (secondary N) is 1. The van der Waals surface area contributed by atoms with Gasteiger partial charge in [-0.1, -0.05) is 35.9 Å². The van der Waals surface area contributed by atoms with Crippen LogP contribution in [0, 0.1) is 0 Å². The van der Waals surface area contributed by atoms with Crippen LogP contribution in [-0.2, 0) is 9.53 Å². The average molecular weight is 485 g/mol. The molecule has 0 aromatic heterocycles. The minimum atomic E-state index is -0.510. The van der Waals surface area contributed by atoms with Gasteiger partial charge in [-0.25, -0.2) is 0 Å². The van der Waals surface area contributed by atoms with Crippen molar-refractivity contribution in [1.29, 1.82) is 0 Å². The number of amides is 1.